The predicted molar refractivity (Wildman–Crippen MR) is 72.4 cm³/mol. The average Bonchev–Trinajstić information content (AvgIpc) is 2.50. The van der Waals surface area contributed by atoms with Crippen LogP contribution >= 0.6 is 35.6 Å². The third-order valence-corrected chi connectivity index (χ3v) is 3.89. The number of benzene rings is 1. The molecule has 1 fully saturated rings. The third kappa shape index (κ3) is 2.29. The fraction of sp³-hybridized carbons (Fsp3) is 0.0909. The van der Waals surface area contributed by atoms with Gasteiger partial charge in [0.25, 0.3) is 5.91 Å². The number of hydrogen-bond acceptors (Lipinski definition) is 3. The normalized spacial score (nSPS) is 18.6. The Morgan fingerprint density at radius 1 is 1.38 bits per heavy atom. The Balaban J connectivity index is 2.29. The molecule has 1 heterocycles. The second kappa shape index (κ2) is 4.57. The Kier molecular flexibility index (Phi) is 3.33. The van der Waals surface area contributed by atoms with E-state index < -0.39 is 0 Å². The summed E-state index contributed by atoms with van der Waals surface area (Å²) in [5.74, 6) is -0.0510. The van der Waals surface area contributed by atoms with Crippen molar-refractivity contribution in [3.05, 3.63) is 39.8 Å². The summed E-state index contributed by atoms with van der Waals surface area (Å²) >= 11 is 12.1. The molecule has 0 atom stereocenters. The van der Waals surface area contributed by atoms with Gasteiger partial charge in [0, 0.05) is 12.1 Å². The molecule has 0 saturated carbocycles. The first kappa shape index (κ1) is 11.6. The lowest BCUT2D eigenvalue weighted by molar-refractivity contribution is -0.121. The molecule has 0 bridgehead atoms. The zero-order valence-electron chi connectivity index (χ0n) is 8.44. The van der Waals surface area contributed by atoms with Crippen molar-refractivity contribution in [1.29, 1.82) is 0 Å². The maximum absolute atomic E-state index is 11.7. The summed E-state index contributed by atoms with van der Waals surface area (Å²) in [4.78, 5) is 13.8. The summed E-state index contributed by atoms with van der Waals surface area (Å²) in [6, 6.07) is 7.31. The fourth-order valence-corrected chi connectivity index (χ4v) is 2.56. The molecule has 2 nitrogen and oxygen atoms in total. The number of hydrogen-bond donors (Lipinski definition) is 0. The van der Waals surface area contributed by atoms with Crippen molar-refractivity contribution in [3.63, 3.8) is 0 Å². The Bertz CT molecular complexity index is 481. The van der Waals surface area contributed by atoms with E-state index in [1.54, 1.807) is 19.2 Å². The first-order chi connectivity index (χ1) is 7.58. The Labute approximate surface area is 108 Å². The molecule has 0 radical (unpaired) electrons. The van der Waals surface area contributed by atoms with Gasteiger partial charge in [-0.15, -0.1) is 0 Å². The molecule has 1 aliphatic rings. The lowest BCUT2D eigenvalue weighted by atomic mass is 10.2. The van der Waals surface area contributed by atoms with Gasteiger partial charge in [0.15, 0.2) is 0 Å². The van der Waals surface area contributed by atoms with Crippen LogP contribution in [0.5, 0.6) is 0 Å². The lowest BCUT2D eigenvalue weighted by Gasteiger charge is -2.03. The molecule has 2 rings (SSSR count). The Hall–Kier alpha value is -0.840. The third-order valence-electron chi connectivity index (χ3n) is 2.15. The minimum absolute atomic E-state index is 0.0510. The van der Waals surface area contributed by atoms with Crippen molar-refractivity contribution in [2.75, 3.05) is 7.05 Å². The van der Waals surface area contributed by atoms with E-state index in [9.17, 15) is 4.79 Å². The van der Waals surface area contributed by atoms with Gasteiger partial charge in [-0.2, -0.15) is 0 Å². The zero-order valence-corrected chi connectivity index (χ0v) is 10.8. The van der Waals surface area contributed by atoms with E-state index in [0.29, 0.717) is 14.2 Å². The second-order valence-electron chi connectivity index (χ2n) is 3.29. The minimum atomic E-state index is -0.0510. The number of halogens is 1. The van der Waals surface area contributed by atoms with Crippen molar-refractivity contribution in [1.82, 2.24) is 4.90 Å². The van der Waals surface area contributed by atoms with Crippen LogP contribution in [0.25, 0.3) is 6.08 Å². The average molecular weight is 270 g/mol. The van der Waals surface area contributed by atoms with Crippen LogP contribution in [0, 0.1) is 0 Å². The first-order valence-electron chi connectivity index (χ1n) is 4.55. The molecule has 82 valence electrons. The summed E-state index contributed by atoms with van der Waals surface area (Å²) in [5.41, 5.74) is 0.943. The van der Waals surface area contributed by atoms with Crippen molar-refractivity contribution in [2.24, 2.45) is 0 Å². The molecule has 0 aromatic heterocycles. The number of amides is 1. The summed E-state index contributed by atoms with van der Waals surface area (Å²) in [7, 11) is 1.68. The molecular weight excluding hydrogens is 262 g/mol. The molecule has 0 unspecified atom stereocenters. The second-order valence-corrected chi connectivity index (χ2v) is 5.40. The number of likely N-dealkylation sites (N-methyl/N-ethyl adjacent to an activating group) is 1. The number of carbonyl (C=O) groups excluding carboxylic acids is 1. The highest BCUT2D eigenvalue weighted by molar-refractivity contribution is 8.26. The lowest BCUT2D eigenvalue weighted by Crippen LogP contribution is -2.22. The summed E-state index contributed by atoms with van der Waals surface area (Å²) in [6.45, 7) is 0. The van der Waals surface area contributed by atoms with Crippen LogP contribution in [0.1, 0.15) is 5.56 Å². The maximum Gasteiger partial charge on any atom is 0.265 e. The van der Waals surface area contributed by atoms with E-state index in [1.165, 1.54) is 16.7 Å². The van der Waals surface area contributed by atoms with Crippen LogP contribution in [-0.4, -0.2) is 22.2 Å². The molecule has 1 amide bonds. The van der Waals surface area contributed by atoms with Gasteiger partial charge >= 0.3 is 0 Å². The van der Waals surface area contributed by atoms with Crippen LogP contribution in [0.3, 0.4) is 0 Å². The summed E-state index contributed by atoms with van der Waals surface area (Å²) < 4.78 is 0.588. The zero-order chi connectivity index (χ0) is 11.7. The number of nitrogens with zero attached hydrogens (tertiary/aromatic N) is 1. The van der Waals surface area contributed by atoms with Gasteiger partial charge in [-0.05, 0) is 23.8 Å². The molecule has 1 aromatic rings. The summed E-state index contributed by atoms with van der Waals surface area (Å²) in [5, 5.41) is 0.681. The van der Waals surface area contributed by atoms with E-state index in [0.717, 1.165) is 5.56 Å². The van der Waals surface area contributed by atoms with Gasteiger partial charge in [0.1, 0.15) is 4.32 Å². The van der Waals surface area contributed by atoms with E-state index >= 15 is 0 Å². The van der Waals surface area contributed by atoms with E-state index in [4.69, 9.17) is 23.8 Å². The van der Waals surface area contributed by atoms with E-state index in [-0.39, 0.29) is 5.91 Å². The van der Waals surface area contributed by atoms with Crippen LogP contribution in [-0.2, 0) is 4.79 Å². The van der Waals surface area contributed by atoms with Crippen LogP contribution in [0.15, 0.2) is 29.2 Å². The molecule has 0 aliphatic carbocycles. The minimum Gasteiger partial charge on any atom is -0.296 e. The monoisotopic (exact) mass is 269 g/mol. The molecule has 16 heavy (non-hydrogen) atoms. The molecule has 1 aliphatic heterocycles. The summed E-state index contributed by atoms with van der Waals surface area (Å²) in [6.07, 6.45) is 1.82. The molecule has 0 N–H and O–H groups in total. The first-order valence-corrected chi connectivity index (χ1v) is 6.15. The number of carbonyl (C=O) groups is 1. The molecule has 5 heteroatoms. The van der Waals surface area contributed by atoms with Crippen molar-refractivity contribution in [2.45, 2.75) is 0 Å². The quantitative estimate of drug-likeness (QED) is 0.577. The van der Waals surface area contributed by atoms with Crippen LogP contribution in [0.4, 0.5) is 0 Å². The smallest absolute Gasteiger partial charge is 0.265 e. The van der Waals surface area contributed by atoms with Crippen molar-refractivity contribution >= 4 is 51.9 Å². The number of thioether (sulfide) groups is 1. The Morgan fingerprint density at radius 2 is 2.00 bits per heavy atom. The highest BCUT2D eigenvalue weighted by Gasteiger charge is 2.28. The molecule has 1 aromatic carbocycles. The maximum atomic E-state index is 11.7. The fourth-order valence-electron chi connectivity index (χ4n) is 1.26. The van der Waals surface area contributed by atoms with Gasteiger partial charge < -0.3 is 0 Å². The Morgan fingerprint density at radius 3 is 2.50 bits per heavy atom. The van der Waals surface area contributed by atoms with Gasteiger partial charge in [-0.25, -0.2) is 0 Å². The van der Waals surface area contributed by atoms with Crippen molar-refractivity contribution in [3.8, 4) is 0 Å². The SMILES string of the molecule is CN1C(=O)/C(=C/c2ccc(Cl)cc2)SC1=S. The van der Waals surface area contributed by atoms with E-state index in [2.05, 4.69) is 0 Å². The predicted octanol–water partition coefficient (Wildman–Crippen LogP) is 3.17. The van der Waals surface area contributed by atoms with Gasteiger partial charge in [-0.3, -0.25) is 9.69 Å². The molecule has 1 saturated heterocycles. The van der Waals surface area contributed by atoms with Crippen molar-refractivity contribution < 1.29 is 4.79 Å². The van der Waals surface area contributed by atoms with Crippen LogP contribution < -0.4 is 0 Å². The largest absolute Gasteiger partial charge is 0.296 e. The highest BCUT2D eigenvalue weighted by Crippen LogP contribution is 2.31. The van der Waals surface area contributed by atoms with E-state index in [1.807, 2.05) is 18.2 Å². The van der Waals surface area contributed by atoms with Crippen LogP contribution in [0.2, 0.25) is 5.02 Å². The molecular formula is C11H8ClNOS2. The number of thiocarbonyl (C=S) groups is 1. The topological polar surface area (TPSA) is 20.3 Å². The number of rotatable bonds is 1. The van der Waals surface area contributed by atoms with Gasteiger partial charge in [0.2, 0.25) is 0 Å². The van der Waals surface area contributed by atoms with Gasteiger partial charge in [0.05, 0.1) is 4.91 Å². The standard InChI is InChI=1S/C11H8ClNOS2/c1-13-10(14)9(16-11(13)15)6-7-2-4-8(12)5-3-7/h2-6H,1H3/b9-6-. The van der Waals surface area contributed by atoms with Gasteiger partial charge in [-0.1, -0.05) is 47.7 Å². The molecule has 0 spiro atoms. The highest BCUT2D eigenvalue weighted by atomic mass is 35.5.